The van der Waals surface area contributed by atoms with Gasteiger partial charge < -0.3 is 4.74 Å². The predicted octanol–water partition coefficient (Wildman–Crippen LogP) is 2.69. The summed E-state index contributed by atoms with van der Waals surface area (Å²) in [6.07, 6.45) is 0.667. The minimum absolute atomic E-state index is 0.107. The fourth-order valence-electron chi connectivity index (χ4n) is 1.17. The van der Waals surface area contributed by atoms with E-state index in [1.165, 1.54) is 7.11 Å². The molecule has 0 fully saturated rings. The average Bonchev–Trinajstić information content (AvgIpc) is 2.26. The normalized spacial score (nSPS) is 9.80. The van der Waals surface area contributed by atoms with E-state index in [-0.39, 0.29) is 11.1 Å². The summed E-state index contributed by atoms with van der Waals surface area (Å²) < 4.78 is 5.74. The molecule has 0 N–H and O–H groups in total. The number of aldehydes is 1. The molecule has 0 heterocycles. The van der Waals surface area contributed by atoms with E-state index in [4.69, 9.17) is 4.74 Å². The number of Topliss-reactive ketones (excluding diaryl/α,β-unsaturated/α-hetero) is 1. The molecule has 15 heavy (non-hydrogen) atoms. The van der Waals surface area contributed by atoms with Crippen molar-refractivity contribution in [1.82, 2.24) is 0 Å². The number of methoxy groups -OCH3 is 1. The summed E-state index contributed by atoms with van der Waals surface area (Å²) in [5, 5.41) is 0.205. The van der Waals surface area contributed by atoms with E-state index in [1.54, 1.807) is 12.1 Å². The SMILES string of the molecule is COc1cc(I)c(C(=O)CBr)c(C=O)c1. The van der Waals surface area contributed by atoms with Crippen molar-refractivity contribution in [3.8, 4) is 5.75 Å². The second-order valence-corrected chi connectivity index (χ2v) is 4.47. The molecule has 0 aromatic heterocycles. The summed E-state index contributed by atoms with van der Waals surface area (Å²) in [6.45, 7) is 0. The lowest BCUT2D eigenvalue weighted by Gasteiger charge is -2.07. The smallest absolute Gasteiger partial charge is 0.175 e. The van der Waals surface area contributed by atoms with Gasteiger partial charge in [-0.2, -0.15) is 0 Å². The monoisotopic (exact) mass is 382 g/mol. The number of rotatable bonds is 4. The Bertz CT molecular complexity index is 404. The van der Waals surface area contributed by atoms with Crippen LogP contribution in [0.1, 0.15) is 20.7 Å². The lowest BCUT2D eigenvalue weighted by atomic mass is 10.1. The zero-order valence-corrected chi connectivity index (χ0v) is 11.7. The van der Waals surface area contributed by atoms with Crippen molar-refractivity contribution in [2.45, 2.75) is 0 Å². The molecular weight excluding hydrogens is 375 g/mol. The van der Waals surface area contributed by atoms with E-state index >= 15 is 0 Å². The molecule has 0 atom stereocenters. The fourth-order valence-corrected chi connectivity index (χ4v) is 2.37. The lowest BCUT2D eigenvalue weighted by Crippen LogP contribution is -2.07. The summed E-state index contributed by atoms with van der Waals surface area (Å²) in [5.41, 5.74) is 0.812. The molecule has 0 aliphatic rings. The Balaban J connectivity index is 3.37. The standard InChI is InChI=1S/C10H8BrIO3/c1-15-7-2-6(5-13)10(8(12)3-7)9(14)4-11/h2-3,5H,4H2,1H3. The van der Waals surface area contributed by atoms with Crippen molar-refractivity contribution in [2.24, 2.45) is 0 Å². The molecule has 1 aromatic carbocycles. The van der Waals surface area contributed by atoms with Crippen LogP contribution in [0.2, 0.25) is 0 Å². The number of hydrogen-bond donors (Lipinski definition) is 0. The summed E-state index contributed by atoms with van der Waals surface area (Å²) in [4.78, 5) is 22.4. The van der Waals surface area contributed by atoms with Crippen LogP contribution in [0.4, 0.5) is 0 Å². The number of hydrogen-bond acceptors (Lipinski definition) is 3. The van der Waals surface area contributed by atoms with Gasteiger partial charge in [-0.25, -0.2) is 0 Å². The third kappa shape index (κ3) is 2.78. The van der Waals surface area contributed by atoms with Crippen LogP contribution in [-0.4, -0.2) is 24.5 Å². The molecule has 0 saturated heterocycles. The van der Waals surface area contributed by atoms with E-state index in [9.17, 15) is 9.59 Å². The Morgan fingerprint density at radius 1 is 1.60 bits per heavy atom. The van der Waals surface area contributed by atoms with Gasteiger partial charge in [0.25, 0.3) is 0 Å². The molecule has 80 valence electrons. The summed E-state index contributed by atoms with van der Waals surface area (Å²) in [6, 6.07) is 3.29. The Labute approximate surface area is 109 Å². The molecule has 1 aromatic rings. The summed E-state index contributed by atoms with van der Waals surface area (Å²) in [5.74, 6) is 0.469. The molecule has 0 saturated carbocycles. The molecule has 5 heteroatoms. The number of halogens is 2. The number of ether oxygens (including phenoxy) is 1. The third-order valence-corrected chi connectivity index (χ3v) is 3.22. The first-order chi connectivity index (χ1) is 7.13. The Morgan fingerprint density at radius 2 is 2.27 bits per heavy atom. The van der Waals surface area contributed by atoms with Crippen molar-refractivity contribution in [1.29, 1.82) is 0 Å². The van der Waals surface area contributed by atoms with Crippen LogP contribution in [0.5, 0.6) is 5.75 Å². The summed E-state index contributed by atoms with van der Waals surface area (Å²) >= 11 is 5.10. The Kier molecular flexibility index (Phi) is 4.72. The first-order valence-electron chi connectivity index (χ1n) is 4.06. The van der Waals surface area contributed by atoms with Gasteiger partial charge in [-0.05, 0) is 34.7 Å². The molecule has 0 aliphatic carbocycles. The maximum absolute atomic E-state index is 11.6. The average molecular weight is 383 g/mol. The molecule has 0 spiro atoms. The van der Waals surface area contributed by atoms with Gasteiger partial charge in [-0.1, -0.05) is 15.9 Å². The number of benzene rings is 1. The Hall–Kier alpha value is -0.430. The number of carbonyl (C=O) groups excluding carboxylic acids is 2. The topological polar surface area (TPSA) is 43.4 Å². The van der Waals surface area contributed by atoms with Crippen LogP contribution in [0, 0.1) is 3.57 Å². The van der Waals surface area contributed by atoms with Crippen molar-refractivity contribution in [3.05, 3.63) is 26.8 Å². The highest BCUT2D eigenvalue weighted by molar-refractivity contribution is 14.1. The van der Waals surface area contributed by atoms with Crippen LogP contribution in [0.3, 0.4) is 0 Å². The van der Waals surface area contributed by atoms with Gasteiger partial charge in [0.05, 0.1) is 12.4 Å². The highest BCUT2D eigenvalue weighted by atomic mass is 127. The second kappa shape index (κ2) is 5.60. The maximum atomic E-state index is 11.6. The second-order valence-electron chi connectivity index (χ2n) is 2.75. The van der Waals surface area contributed by atoms with Crippen molar-refractivity contribution >= 4 is 50.6 Å². The van der Waals surface area contributed by atoms with Crippen LogP contribution < -0.4 is 4.74 Å². The fraction of sp³-hybridized carbons (Fsp3) is 0.200. The molecular formula is C10H8BrIO3. The number of ketones is 1. The predicted molar refractivity (Wildman–Crippen MR) is 69.2 cm³/mol. The van der Waals surface area contributed by atoms with E-state index < -0.39 is 0 Å². The number of carbonyl (C=O) groups is 2. The van der Waals surface area contributed by atoms with Crippen LogP contribution in [0.25, 0.3) is 0 Å². The highest BCUT2D eigenvalue weighted by Crippen LogP contribution is 2.24. The minimum Gasteiger partial charge on any atom is -0.497 e. The highest BCUT2D eigenvalue weighted by Gasteiger charge is 2.15. The van der Waals surface area contributed by atoms with E-state index in [0.717, 1.165) is 3.57 Å². The van der Waals surface area contributed by atoms with Crippen LogP contribution in [0.15, 0.2) is 12.1 Å². The largest absolute Gasteiger partial charge is 0.497 e. The van der Waals surface area contributed by atoms with Gasteiger partial charge >= 0.3 is 0 Å². The zero-order chi connectivity index (χ0) is 11.4. The van der Waals surface area contributed by atoms with E-state index in [1.807, 2.05) is 22.6 Å². The van der Waals surface area contributed by atoms with Gasteiger partial charge in [-0.3, -0.25) is 9.59 Å². The van der Waals surface area contributed by atoms with Gasteiger partial charge in [0.2, 0.25) is 0 Å². The molecule has 3 nitrogen and oxygen atoms in total. The zero-order valence-electron chi connectivity index (χ0n) is 7.92. The first-order valence-corrected chi connectivity index (χ1v) is 6.26. The van der Waals surface area contributed by atoms with Crippen molar-refractivity contribution in [3.63, 3.8) is 0 Å². The van der Waals surface area contributed by atoms with Crippen molar-refractivity contribution < 1.29 is 14.3 Å². The first kappa shape index (κ1) is 12.6. The Morgan fingerprint density at radius 3 is 2.73 bits per heavy atom. The number of alkyl halides is 1. The minimum atomic E-state index is -0.107. The third-order valence-electron chi connectivity index (χ3n) is 1.86. The van der Waals surface area contributed by atoms with Crippen molar-refractivity contribution in [2.75, 3.05) is 12.4 Å². The van der Waals surface area contributed by atoms with E-state index in [0.29, 0.717) is 23.2 Å². The van der Waals surface area contributed by atoms with Gasteiger partial charge in [0.1, 0.15) is 5.75 Å². The molecule has 0 unspecified atom stereocenters. The van der Waals surface area contributed by atoms with Gasteiger partial charge in [0, 0.05) is 14.7 Å². The maximum Gasteiger partial charge on any atom is 0.175 e. The van der Waals surface area contributed by atoms with Gasteiger partial charge in [0.15, 0.2) is 12.1 Å². The molecule has 1 rings (SSSR count). The molecule has 0 amide bonds. The lowest BCUT2D eigenvalue weighted by molar-refractivity contribution is 0.101. The van der Waals surface area contributed by atoms with Crippen LogP contribution in [-0.2, 0) is 0 Å². The van der Waals surface area contributed by atoms with Gasteiger partial charge in [-0.15, -0.1) is 0 Å². The molecule has 0 aliphatic heterocycles. The quantitative estimate of drug-likeness (QED) is 0.348. The van der Waals surface area contributed by atoms with Crippen LogP contribution >= 0.6 is 38.5 Å². The summed E-state index contributed by atoms with van der Waals surface area (Å²) in [7, 11) is 1.52. The van der Waals surface area contributed by atoms with E-state index in [2.05, 4.69) is 15.9 Å². The molecule has 0 bridgehead atoms. The molecule has 0 radical (unpaired) electrons.